The third-order valence-electron chi connectivity index (χ3n) is 6.30. The molecule has 0 aromatic carbocycles. The SMILES string of the molecule is CC[C@@H]1NC(=O)[C@H](CCCN=C(N)N)NC(=O)[C@](C)(NC(=O)C(C)C)CCNC(=O)[C@@H](CC(C)C)NC1=O. The Morgan fingerprint density at radius 2 is 1.61 bits per heavy atom. The topological polar surface area (TPSA) is 210 Å². The lowest BCUT2D eigenvalue weighted by molar-refractivity contribution is -0.138. The van der Waals surface area contributed by atoms with Gasteiger partial charge in [0.15, 0.2) is 5.96 Å². The van der Waals surface area contributed by atoms with Gasteiger partial charge in [-0.1, -0.05) is 34.6 Å². The number of rotatable bonds is 9. The molecule has 0 aromatic heterocycles. The van der Waals surface area contributed by atoms with Gasteiger partial charge in [0, 0.05) is 19.0 Å². The van der Waals surface area contributed by atoms with Crippen molar-refractivity contribution in [2.75, 3.05) is 13.1 Å². The Hall–Kier alpha value is -3.38. The smallest absolute Gasteiger partial charge is 0.246 e. The fraction of sp³-hybridized carbons (Fsp3) is 0.760. The molecular formula is C25H46N8O5. The van der Waals surface area contributed by atoms with Crippen LogP contribution in [-0.2, 0) is 24.0 Å². The number of hydrogen-bond acceptors (Lipinski definition) is 6. The summed E-state index contributed by atoms with van der Waals surface area (Å²) in [4.78, 5) is 69.2. The minimum Gasteiger partial charge on any atom is -0.370 e. The molecule has 0 unspecified atom stereocenters. The summed E-state index contributed by atoms with van der Waals surface area (Å²) in [6.07, 6.45) is 1.28. The molecule has 0 spiro atoms. The van der Waals surface area contributed by atoms with E-state index in [1.165, 1.54) is 0 Å². The van der Waals surface area contributed by atoms with Crippen LogP contribution in [0.4, 0.5) is 0 Å². The van der Waals surface area contributed by atoms with E-state index in [-0.39, 0.29) is 50.1 Å². The summed E-state index contributed by atoms with van der Waals surface area (Å²) in [5.74, 6) is -2.76. The lowest BCUT2D eigenvalue weighted by Crippen LogP contribution is -2.63. The molecule has 5 amide bonds. The first-order chi connectivity index (χ1) is 17.7. The zero-order valence-electron chi connectivity index (χ0n) is 23.5. The Kier molecular flexibility index (Phi) is 13.0. The first-order valence-corrected chi connectivity index (χ1v) is 13.3. The summed E-state index contributed by atoms with van der Waals surface area (Å²) in [6.45, 7) is 10.8. The van der Waals surface area contributed by atoms with E-state index >= 15 is 0 Å². The number of carbonyl (C=O) groups excluding carboxylic acids is 5. The van der Waals surface area contributed by atoms with Gasteiger partial charge in [0.25, 0.3) is 0 Å². The highest BCUT2D eigenvalue weighted by Gasteiger charge is 2.38. The van der Waals surface area contributed by atoms with E-state index in [0.29, 0.717) is 12.8 Å². The van der Waals surface area contributed by atoms with E-state index in [0.717, 1.165) is 0 Å². The summed E-state index contributed by atoms with van der Waals surface area (Å²) < 4.78 is 0. The molecule has 13 heteroatoms. The Balaban J connectivity index is 3.37. The van der Waals surface area contributed by atoms with Crippen LogP contribution in [0.1, 0.15) is 73.6 Å². The molecule has 9 N–H and O–H groups in total. The van der Waals surface area contributed by atoms with E-state index < -0.39 is 53.2 Å². The molecule has 13 nitrogen and oxygen atoms in total. The van der Waals surface area contributed by atoms with E-state index in [2.05, 4.69) is 31.6 Å². The molecule has 0 radical (unpaired) electrons. The van der Waals surface area contributed by atoms with Crippen molar-refractivity contribution >= 4 is 35.5 Å². The minimum atomic E-state index is -1.42. The Morgan fingerprint density at radius 3 is 2.16 bits per heavy atom. The molecule has 0 aliphatic carbocycles. The van der Waals surface area contributed by atoms with Gasteiger partial charge >= 0.3 is 0 Å². The second-order valence-corrected chi connectivity index (χ2v) is 10.7. The molecule has 1 fully saturated rings. The van der Waals surface area contributed by atoms with Crippen molar-refractivity contribution in [1.82, 2.24) is 26.6 Å². The second kappa shape index (κ2) is 15.1. The van der Waals surface area contributed by atoms with Crippen molar-refractivity contribution < 1.29 is 24.0 Å². The van der Waals surface area contributed by atoms with Gasteiger partial charge in [0.05, 0.1) is 0 Å². The lowest BCUT2D eigenvalue weighted by atomic mass is 9.93. The van der Waals surface area contributed by atoms with Gasteiger partial charge in [-0.3, -0.25) is 29.0 Å². The predicted octanol–water partition coefficient (Wildman–Crippen LogP) is -0.999. The quantitative estimate of drug-likeness (QED) is 0.110. The number of amides is 5. The fourth-order valence-electron chi connectivity index (χ4n) is 3.90. The molecule has 1 aliphatic rings. The average Bonchev–Trinajstić information content (AvgIpc) is 2.82. The molecule has 0 bridgehead atoms. The summed E-state index contributed by atoms with van der Waals surface area (Å²) in [5, 5.41) is 13.7. The number of nitrogens with one attached hydrogen (secondary N) is 5. The third kappa shape index (κ3) is 10.5. The summed E-state index contributed by atoms with van der Waals surface area (Å²) in [5.41, 5.74) is 9.34. The van der Waals surface area contributed by atoms with Crippen LogP contribution >= 0.6 is 0 Å². The highest BCUT2D eigenvalue weighted by Crippen LogP contribution is 2.14. The Morgan fingerprint density at radius 1 is 1.00 bits per heavy atom. The van der Waals surface area contributed by atoms with Gasteiger partial charge in [-0.25, -0.2) is 0 Å². The number of nitrogens with two attached hydrogens (primary N) is 2. The van der Waals surface area contributed by atoms with Gasteiger partial charge in [-0.2, -0.15) is 0 Å². The molecular weight excluding hydrogens is 492 g/mol. The van der Waals surface area contributed by atoms with Crippen LogP contribution in [-0.4, -0.2) is 72.2 Å². The molecule has 1 heterocycles. The first-order valence-electron chi connectivity index (χ1n) is 13.3. The third-order valence-corrected chi connectivity index (χ3v) is 6.30. The number of guanidine groups is 1. The minimum absolute atomic E-state index is 0.0597. The molecule has 38 heavy (non-hydrogen) atoms. The maximum atomic E-state index is 13.5. The predicted molar refractivity (Wildman–Crippen MR) is 144 cm³/mol. The van der Waals surface area contributed by atoms with Gasteiger partial charge in [-0.15, -0.1) is 0 Å². The average molecular weight is 539 g/mol. The van der Waals surface area contributed by atoms with E-state index in [9.17, 15) is 24.0 Å². The standard InChI is InChI=1S/C25H46N8O5/c1-7-16-21(36)31-18(13-14(2)3)20(35)28-12-10-25(6,33-19(34)15(4)5)23(38)32-17(22(37)30-16)9-8-11-29-24(26)27/h14-18H,7-13H2,1-6H3,(H,28,35)(H,30,37)(H,31,36)(H,32,38)(H,33,34)(H4,26,27,29)/t16-,17-,18+,25+/m0/s1. The monoisotopic (exact) mass is 538 g/mol. The number of carbonyl (C=O) groups is 5. The van der Waals surface area contributed by atoms with Crippen LogP contribution < -0.4 is 38.1 Å². The fourth-order valence-corrected chi connectivity index (χ4v) is 3.90. The molecule has 4 atom stereocenters. The van der Waals surface area contributed by atoms with E-state index in [1.54, 1.807) is 27.7 Å². The van der Waals surface area contributed by atoms with E-state index in [1.807, 2.05) is 13.8 Å². The second-order valence-electron chi connectivity index (χ2n) is 10.7. The van der Waals surface area contributed by atoms with Crippen molar-refractivity contribution in [2.24, 2.45) is 28.3 Å². The van der Waals surface area contributed by atoms with Crippen molar-refractivity contribution in [3.05, 3.63) is 0 Å². The molecule has 1 saturated heterocycles. The maximum absolute atomic E-state index is 13.5. The molecule has 1 rings (SSSR count). The Bertz CT molecular complexity index is 887. The van der Waals surface area contributed by atoms with Crippen LogP contribution in [0.5, 0.6) is 0 Å². The highest BCUT2D eigenvalue weighted by atomic mass is 16.2. The van der Waals surface area contributed by atoms with Crippen molar-refractivity contribution in [3.63, 3.8) is 0 Å². The van der Waals surface area contributed by atoms with Crippen LogP contribution in [0.25, 0.3) is 0 Å². The van der Waals surface area contributed by atoms with Crippen LogP contribution in [0.2, 0.25) is 0 Å². The van der Waals surface area contributed by atoms with Crippen LogP contribution in [0.15, 0.2) is 4.99 Å². The van der Waals surface area contributed by atoms with E-state index in [4.69, 9.17) is 11.5 Å². The van der Waals surface area contributed by atoms with Crippen molar-refractivity contribution in [1.29, 1.82) is 0 Å². The molecule has 1 aliphatic heterocycles. The lowest BCUT2D eigenvalue weighted by Gasteiger charge is -2.33. The van der Waals surface area contributed by atoms with Gasteiger partial charge < -0.3 is 38.1 Å². The normalized spacial score (nSPS) is 25.5. The molecule has 0 saturated carbocycles. The summed E-state index contributed by atoms with van der Waals surface area (Å²) in [7, 11) is 0. The van der Waals surface area contributed by atoms with Crippen LogP contribution in [0, 0.1) is 11.8 Å². The number of nitrogens with zero attached hydrogens (tertiary/aromatic N) is 1. The van der Waals surface area contributed by atoms with Gasteiger partial charge in [-0.05, 0) is 44.9 Å². The van der Waals surface area contributed by atoms with Crippen LogP contribution in [0.3, 0.4) is 0 Å². The molecule has 0 aromatic rings. The van der Waals surface area contributed by atoms with Crippen molar-refractivity contribution in [3.8, 4) is 0 Å². The molecule has 216 valence electrons. The summed E-state index contributed by atoms with van der Waals surface area (Å²) >= 11 is 0. The highest BCUT2D eigenvalue weighted by molar-refractivity contribution is 5.97. The largest absolute Gasteiger partial charge is 0.370 e. The van der Waals surface area contributed by atoms with Gasteiger partial charge in [0.1, 0.15) is 23.7 Å². The first kappa shape index (κ1) is 32.6. The zero-order chi connectivity index (χ0) is 29.0. The maximum Gasteiger partial charge on any atom is 0.246 e. The van der Waals surface area contributed by atoms with Gasteiger partial charge in [0.2, 0.25) is 29.5 Å². The number of aliphatic imine (C=N–C) groups is 1. The zero-order valence-corrected chi connectivity index (χ0v) is 23.5. The Labute approximate surface area is 225 Å². The van der Waals surface area contributed by atoms with Crippen molar-refractivity contribution in [2.45, 2.75) is 97.3 Å². The summed E-state index contributed by atoms with van der Waals surface area (Å²) in [6, 6.07) is -2.76. The number of hydrogen-bond donors (Lipinski definition) is 7.